The van der Waals surface area contributed by atoms with Crippen molar-refractivity contribution in [1.82, 2.24) is 10.1 Å². The standard InChI is InChI=1S/C23H23FN4O5/c1-13(2)20(22(30)31)28(3)21(29)19-12-18(27-33-19)14-4-8-16(9-5-14)25-23(32)26-17-10-6-15(24)7-11-17/h4-13,20H,1-3H3,(H,30,31)(H2,25,26,32). The van der Waals surface area contributed by atoms with E-state index < -0.39 is 29.8 Å². The fourth-order valence-corrected chi connectivity index (χ4v) is 3.26. The number of amides is 3. The molecule has 0 bridgehead atoms. The minimum absolute atomic E-state index is 0.0831. The number of carboxylic acids is 1. The largest absolute Gasteiger partial charge is 0.480 e. The molecule has 1 heterocycles. The third kappa shape index (κ3) is 5.73. The number of nitrogens with one attached hydrogen (secondary N) is 2. The van der Waals surface area contributed by atoms with Crippen molar-refractivity contribution in [2.24, 2.45) is 5.92 Å². The van der Waals surface area contributed by atoms with Gasteiger partial charge in [0.2, 0.25) is 5.76 Å². The molecule has 1 aromatic heterocycles. The summed E-state index contributed by atoms with van der Waals surface area (Å²) in [6, 6.07) is 11.9. The summed E-state index contributed by atoms with van der Waals surface area (Å²) in [5.74, 6) is -2.47. The van der Waals surface area contributed by atoms with E-state index in [9.17, 15) is 23.9 Å². The maximum atomic E-state index is 12.9. The Bertz CT molecular complexity index is 1140. The van der Waals surface area contributed by atoms with Gasteiger partial charge in [-0.05, 0) is 42.3 Å². The number of halogens is 1. The molecule has 0 aliphatic heterocycles. The summed E-state index contributed by atoms with van der Waals surface area (Å²) in [6.07, 6.45) is 0. The van der Waals surface area contributed by atoms with Crippen LogP contribution in [0.5, 0.6) is 0 Å². The maximum absolute atomic E-state index is 12.9. The summed E-state index contributed by atoms with van der Waals surface area (Å²) >= 11 is 0. The molecule has 0 radical (unpaired) electrons. The monoisotopic (exact) mass is 454 g/mol. The van der Waals surface area contributed by atoms with E-state index in [4.69, 9.17) is 4.52 Å². The molecule has 1 atom stereocenters. The van der Waals surface area contributed by atoms with Crippen LogP contribution in [-0.4, -0.2) is 46.2 Å². The molecule has 0 saturated heterocycles. The second-order valence-electron chi connectivity index (χ2n) is 7.68. The van der Waals surface area contributed by atoms with Crippen molar-refractivity contribution in [3.63, 3.8) is 0 Å². The summed E-state index contributed by atoms with van der Waals surface area (Å²) in [7, 11) is 1.40. The first-order valence-corrected chi connectivity index (χ1v) is 10.1. The average Bonchev–Trinajstić information content (AvgIpc) is 3.25. The van der Waals surface area contributed by atoms with Gasteiger partial charge in [-0.2, -0.15) is 0 Å². The van der Waals surface area contributed by atoms with E-state index in [2.05, 4.69) is 15.8 Å². The van der Waals surface area contributed by atoms with E-state index in [0.29, 0.717) is 22.6 Å². The summed E-state index contributed by atoms with van der Waals surface area (Å²) in [5.41, 5.74) is 1.95. The van der Waals surface area contributed by atoms with E-state index >= 15 is 0 Å². The lowest BCUT2D eigenvalue weighted by Crippen LogP contribution is -2.45. The molecular formula is C23H23FN4O5. The highest BCUT2D eigenvalue weighted by Crippen LogP contribution is 2.23. The Balaban J connectivity index is 1.65. The number of hydrogen-bond acceptors (Lipinski definition) is 5. The van der Waals surface area contributed by atoms with Gasteiger partial charge in [0.05, 0.1) is 0 Å². The third-order valence-electron chi connectivity index (χ3n) is 4.88. The SMILES string of the molecule is CC(C)C(C(=O)O)N(C)C(=O)c1cc(-c2ccc(NC(=O)Nc3ccc(F)cc3)cc2)no1. The Hall–Kier alpha value is -4.21. The molecular weight excluding hydrogens is 431 g/mol. The van der Waals surface area contributed by atoms with E-state index in [0.717, 1.165) is 4.90 Å². The fourth-order valence-electron chi connectivity index (χ4n) is 3.26. The lowest BCUT2D eigenvalue weighted by Gasteiger charge is -2.26. The summed E-state index contributed by atoms with van der Waals surface area (Å²) in [4.78, 5) is 37.3. The van der Waals surface area contributed by atoms with Gasteiger partial charge in [0.1, 0.15) is 17.6 Å². The number of hydrogen-bond donors (Lipinski definition) is 3. The predicted molar refractivity (Wildman–Crippen MR) is 119 cm³/mol. The van der Waals surface area contributed by atoms with Crippen molar-refractivity contribution in [3.8, 4) is 11.3 Å². The van der Waals surface area contributed by atoms with Gasteiger partial charge in [-0.3, -0.25) is 4.79 Å². The lowest BCUT2D eigenvalue weighted by atomic mass is 10.0. The number of carbonyl (C=O) groups is 3. The first-order valence-electron chi connectivity index (χ1n) is 10.1. The van der Waals surface area contributed by atoms with Crippen LogP contribution in [0.1, 0.15) is 24.4 Å². The Labute approximate surface area is 189 Å². The number of nitrogens with zero attached hydrogens (tertiary/aromatic N) is 2. The molecule has 0 fully saturated rings. The molecule has 172 valence electrons. The Morgan fingerprint density at radius 2 is 1.55 bits per heavy atom. The van der Waals surface area contributed by atoms with E-state index in [1.165, 1.54) is 37.4 Å². The number of anilines is 2. The second-order valence-corrected chi connectivity index (χ2v) is 7.68. The van der Waals surface area contributed by atoms with Gasteiger partial charge in [-0.25, -0.2) is 14.0 Å². The van der Waals surface area contributed by atoms with Crippen LogP contribution in [0.15, 0.2) is 59.1 Å². The molecule has 0 aliphatic rings. The molecule has 3 rings (SSSR count). The molecule has 3 N–H and O–H groups in total. The molecule has 2 aromatic carbocycles. The van der Waals surface area contributed by atoms with E-state index in [1.807, 2.05) is 0 Å². The van der Waals surface area contributed by atoms with Crippen molar-refractivity contribution in [2.45, 2.75) is 19.9 Å². The van der Waals surface area contributed by atoms with Crippen molar-refractivity contribution >= 4 is 29.3 Å². The van der Waals surface area contributed by atoms with Crippen LogP contribution in [0.25, 0.3) is 11.3 Å². The summed E-state index contributed by atoms with van der Waals surface area (Å²) in [6.45, 7) is 3.42. The van der Waals surface area contributed by atoms with Crippen LogP contribution in [0.4, 0.5) is 20.6 Å². The van der Waals surface area contributed by atoms with Gasteiger partial charge in [-0.15, -0.1) is 0 Å². The normalized spacial score (nSPS) is 11.7. The van der Waals surface area contributed by atoms with Gasteiger partial charge in [-0.1, -0.05) is 31.1 Å². The number of urea groups is 1. The number of aliphatic carboxylic acids is 1. The topological polar surface area (TPSA) is 125 Å². The minimum Gasteiger partial charge on any atom is -0.480 e. The van der Waals surface area contributed by atoms with Crippen LogP contribution >= 0.6 is 0 Å². The smallest absolute Gasteiger partial charge is 0.326 e. The highest BCUT2D eigenvalue weighted by Gasteiger charge is 2.31. The van der Waals surface area contributed by atoms with Crippen LogP contribution < -0.4 is 10.6 Å². The first kappa shape index (κ1) is 23.5. The number of carbonyl (C=O) groups excluding carboxylic acids is 2. The van der Waals surface area contributed by atoms with Crippen molar-refractivity contribution in [3.05, 3.63) is 66.2 Å². The molecule has 0 spiro atoms. The van der Waals surface area contributed by atoms with Crippen LogP contribution in [-0.2, 0) is 4.79 Å². The molecule has 1 unspecified atom stereocenters. The highest BCUT2D eigenvalue weighted by atomic mass is 19.1. The van der Waals surface area contributed by atoms with Gasteiger partial charge >= 0.3 is 12.0 Å². The van der Waals surface area contributed by atoms with Gasteiger partial charge in [0.15, 0.2) is 0 Å². The molecule has 0 aliphatic carbocycles. The molecule has 10 heteroatoms. The Morgan fingerprint density at radius 1 is 1.00 bits per heavy atom. The van der Waals surface area contributed by atoms with Crippen molar-refractivity contribution < 1.29 is 28.4 Å². The van der Waals surface area contributed by atoms with Crippen molar-refractivity contribution in [1.29, 1.82) is 0 Å². The van der Waals surface area contributed by atoms with Crippen LogP contribution in [0, 0.1) is 11.7 Å². The minimum atomic E-state index is -1.10. The number of rotatable bonds is 7. The molecule has 3 aromatic rings. The zero-order chi connectivity index (χ0) is 24.1. The zero-order valence-electron chi connectivity index (χ0n) is 18.2. The number of aromatic nitrogens is 1. The lowest BCUT2D eigenvalue weighted by molar-refractivity contribution is -0.143. The molecule has 0 saturated carbocycles. The second kappa shape index (κ2) is 9.94. The third-order valence-corrected chi connectivity index (χ3v) is 4.88. The fraction of sp³-hybridized carbons (Fsp3) is 0.217. The Kier molecular flexibility index (Phi) is 7.07. The quantitative estimate of drug-likeness (QED) is 0.489. The maximum Gasteiger partial charge on any atom is 0.326 e. The van der Waals surface area contributed by atoms with Gasteiger partial charge in [0.25, 0.3) is 5.91 Å². The average molecular weight is 454 g/mol. The van der Waals surface area contributed by atoms with Crippen LogP contribution in [0.3, 0.4) is 0 Å². The summed E-state index contributed by atoms with van der Waals surface area (Å²) in [5, 5.41) is 18.5. The number of likely N-dealkylation sites (N-methyl/N-ethyl adjacent to an activating group) is 1. The zero-order valence-corrected chi connectivity index (χ0v) is 18.2. The van der Waals surface area contributed by atoms with Gasteiger partial charge < -0.3 is 25.2 Å². The molecule has 33 heavy (non-hydrogen) atoms. The highest BCUT2D eigenvalue weighted by molar-refractivity contribution is 6.00. The first-order chi connectivity index (χ1) is 15.7. The van der Waals surface area contributed by atoms with Gasteiger partial charge in [0, 0.05) is 30.1 Å². The summed E-state index contributed by atoms with van der Waals surface area (Å²) < 4.78 is 18.1. The number of benzene rings is 2. The van der Waals surface area contributed by atoms with E-state index in [1.54, 1.807) is 38.1 Å². The molecule has 9 nitrogen and oxygen atoms in total. The van der Waals surface area contributed by atoms with E-state index in [-0.39, 0.29) is 11.7 Å². The Morgan fingerprint density at radius 3 is 2.06 bits per heavy atom. The number of carboxylic acid groups (broad SMARTS) is 1. The molecule has 3 amide bonds. The van der Waals surface area contributed by atoms with Crippen molar-refractivity contribution in [2.75, 3.05) is 17.7 Å². The predicted octanol–water partition coefficient (Wildman–Crippen LogP) is 4.31. The van der Waals surface area contributed by atoms with Crippen LogP contribution in [0.2, 0.25) is 0 Å².